The Morgan fingerprint density at radius 1 is 0.974 bits per heavy atom. The number of ether oxygens (including phenoxy) is 1. The highest BCUT2D eigenvalue weighted by atomic mass is 35.5. The SMILES string of the molecule is O=C(O)CCCOc1ccc(-c2ccc(C=Cc3nc(-c4ccc(Cl)cc4Cl)cn3CC(F)(F)F)cc2)cc1. The fraction of sp³-hybridized carbons (Fsp3) is 0.172. The van der Waals surface area contributed by atoms with Crippen LogP contribution in [0.3, 0.4) is 0 Å². The van der Waals surface area contributed by atoms with Crippen molar-refractivity contribution in [3.05, 3.63) is 94.4 Å². The molecule has 0 saturated heterocycles. The van der Waals surface area contributed by atoms with Crippen LogP contribution in [0.25, 0.3) is 34.5 Å². The van der Waals surface area contributed by atoms with Gasteiger partial charge in [-0.2, -0.15) is 13.2 Å². The number of carboxylic acids is 1. The summed E-state index contributed by atoms with van der Waals surface area (Å²) < 4.78 is 46.3. The molecule has 0 bridgehead atoms. The van der Waals surface area contributed by atoms with Gasteiger partial charge in [-0.3, -0.25) is 4.79 Å². The van der Waals surface area contributed by atoms with Crippen molar-refractivity contribution < 1.29 is 27.8 Å². The minimum absolute atomic E-state index is 0.0565. The number of alkyl halides is 3. The Kier molecular flexibility index (Phi) is 8.99. The average molecular weight is 575 g/mol. The average Bonchev–Trinajstić information content (AvgIpc) is 3.26. The summed E-state index contributed by atoms with van der Waals surface area (Å²) in [5.41, 5.74) is 3.48. The van der Waals surface area contributed by atoms with Gasteiger partial charge in [-0.25, -0.2) is 4.98 Å². The lowest BCUT2D eigenvalue weighted by Gasteiger charge is -2.08. The first kappa shape index (κ1) is 28.3. The molecule has 39 heavy (non-hydrogen) atoms. The van der Waals surface area contributed by atoms with E-state index in [4.69, 9.17) is 33.0 Å². The zero-order valence-electron chi connectivity index (χ0n) is 20.5. The Morgan fingerprint density at radius 3 is 2.26 bits per heavy atom. The van der Waals surface area contributed by atoms with E-state index in [2.05, 4.69) is 4.98 Å². The number of nitrogens with zero attached hydrogens (tertiary/aromatic N) is 2. The van der Waals surface area contributed by atoms with Crippen LogP contribution in [0.2, 0.25) is 10.0 Å². The van der Waals surface area contributed by atoms with E-state index in [0.717, 1.165) is 21.3 Å². The molecule has 1 aromatic heterocycles. The van der Waals surface area contributed by atoms with Crippen molar-refractivity contribution >= 4 is 41.3 Å². The predicted octanol–water partition coefficient (Wildman–Crippen LogP) is 8.50. The van der Waals surface area contributed by atoms with Crippen molar-refractivity contribution in [3.63, 3.8) is 0 Å². The number of rotatable bonds is 10. The number of benzene rings is 3. The third-order valence-electron chi connectivity index (χ3n) is 5.69. The highest BCUT2D eigenvalue weighted by Gasteiger charge is 2.29. The molecule has 202 valence electrons. The molecule has 1 N–H and O–H groups in total. The Morgan fingerprint density at radius 2 is 1.64 bits per heavy atom. The summed E-state index contributed by atoms with van der Waals surface area (Å²) in [6, 6.07) is 19.7. The summed E-state index contributed by atoms with van der Waals surface area (Å²) >= 11 is 12.2. The van der Waals surface area contributed by atoms with Crippen LogP contribution < -0.4 is 4.74 Å². The number of aromatic nitrogens is 2. The molecular formula is C29H23Cl2F3N2O3. The molecule has 0 fully saturated rings. The van der Waals surface area contributed by atoms with Crippen LogP contribution in [0.4, 0.5) is 13.2 Å². The maximum Gasteiger partial charge on any atom is 0.406 e. The zero-order valence-corrected chi connectivity index (χ0v) is 22.0. The predicted molar refractivity (Wildman–Crippen MR) is 147 cm³/mol. The molecule has 0 saturated carbocycles. The molecule has 4 rings (SSSR count). The lowest BCUT2D eigenvalue weighted by Crippen LogP contribution is -2.17. The summed E-state index contributed by atoms with van der Waals surface area (Å²) in [6.07, 6.45) is 0.612. The number of hydrogen-bond donors (Lipinski definition) is 1. The molecule has 0 atom stereocenters. The topological polar surface area (TPSA) is 64.3 Å². The zero-order chi connectivity index (χ0) is 28.0. The molecule has 0 aliphatic carbocycles. The molecule has 5 nitrogen and oxygen atoms in total. The van der Waals surface area contributed by atoms with Gasteiger partial charge < -0.3 is 14.4 Å². The van der Waals surface area contributed by atoms with Crippen molar-refractivity contribution in [2.45, 2.75) is 25.6 Å². The summed E-state index contributed by atoms with van der Waals surface area (Å²) in [5, 5.41) is 9.40. The van der Waals surface area contributed by atoms with Gasteiger partial charge in [0.2, 0.25) is 0 Å². The second kappa shape index (κ2) is 12.4. The minimum Gasteiger partial charge on any atom is -0.494 e. The van der Waals surface area contributed by atoms with E-state index in [0.29, 0.717) is 40.1 Å². The molecule has 0 aliphatic rings. The van der Waals surface area contributed by atoms with Gasteiger partial charge in [0.25, 0.3) is 0 Å². The molecular weight excluding hydrogens is 552 g/mol. The number of imidazole rings is 1. The van der Waals surface area contributed by atoms with E-state index in [1.807, 2.05) is 48.5 Å². The van der Waals surface area contributed by atoms with Gasteiger partial charge in [0.1, 0.15) is 18.1 Å². The van der Waals surface area contributed by atoms with Crippen LogP contribution in [0, 0.1) is 0 Å². The second-order valence-corrected chi connectivity index (χ2v) is 9.52. The molecule has 0 spiro atoms. The normalized spacial score (nSPS) is 11.7. The van der Waals surface area contributed by atoms with Crippen molar-refractivity contribution in [1.29, 1.82) is 0 Å². The Bertz CT molecular complexity index is 1460. The van der Waals surface area contributed by atoms with Crippen LogP contribution in [-0.4, -0.2) is 33.4 Å². The number of hydrogen-bond acceptors (Lipinski definition) is 3. The number of aliphatic carboxylic acids is 1. The molecule has 4 aromatic rings. The fourth-order valence-electron chi connectivity index (χ4n) is 3.82. The van der Waals surface area contributed by atoms with Crippen LogP contribution in [0.5, 0.6) is 5.75 Å². The highest BCUT2D eigenvalue weighted by Crippen LogP contribution is 2.31. The number of carboxylic acid groups (broad SMARTS) is 1. The van der Waals surface area contributed by atoms with Crippen molar-refractivity contribution in [2.75, 3.05) is 6.61 Å². The van der Waals surface area contributed by atoms with Crippen LogP contribution >= 0.6 is 23.2 Å². The van der Waals surface area contributed by atoms with Crippen molar-refractivity contribution in [2.24, 2.45) is 0 Å². The van der Waals surface area contributed by atoms with E-state index >= 15 is 0 Å². The summed E-state index contributed by atoms with van der Waals surface area (Å²) in [5.74, 6) is -0.0694. The molecule has 10 heteroatoms. The van der Waals surface area contributed by atoms with E-state index in [9.17, 15) is 18.0 Å². The Balaban J connectivity index is 1.48. The van der Waals surface area contributed by atoms with Gasteiger partial charge in [-0.05, 0) is 59.5 Å². The summed E-state index contributed by atoms with van der Waals surface area (Å²) in [4.78, 5) is 15.0. The van der Waals surface area contributed by atoms with Gasteiger partial charge in [0.15, 0.2) is 0 Å². The molecule has 3 aromatic carbocycles. The number of carbonyl (C=O) groups is 1. The lowest BCUT2D eigenvalue weighted by molar-refractivity contribution is -0.141. The molecule has 0 aliphatic heterocycles. The maximum atomic E-state index is 13.2. The van der Waals surface area contributed by atoms with E-state index in [-0.39, 0.29) is 12.2 Å². The highest BCUT2D eigenvalue weighted by molar-refractivity contribution is 6.36. The maximum absolute atomic E-state index is 13.2. The molecule has 0 amide bonds. The molecule has 0 radical (unpaired) electrons. The molecule has 1 heterocycles. The Labute approximate surface area is 233 Å². The van der Waals surface area contributed by atoms with Gasteiger partial charge in [0, 0.05) is 23.2 Å². The second-order valence-electron chi connectivity index (χ2n) is 8.68. The largest absolute Gasteiger partial charge is 0.494 e. The first-order valence-corrected chi connectivity index (χ1v) is 12.7. The van der Waals surface area contributed by atoms with Gasteiger partial charge in [-0.1, -0.05) is 65.7 Å². The first-order chi connectivity index (χ1) is 18.6. The third-order valence-corrected chi connectivity index (χ3v) is 6.24. The summed E-state index contributed by atoms with van der Waals surface area (Å²) in [7, 11) is 0. The van der Waals surface area contributed by atoms with Crippen molar-refractivity contribution in [3.8, 4) is 28.1 Å². The van der Waals surface area contributed by atoms with Crippen LogP contribution in [-0.2, 0) is 11.3 Å². The smallest absolute Gasteiger partial charge is 0.406 e. The first-order valence-electron chi connectivity index (χ1n) is 11.9. The molecule has 0 unspecified atom stereocenters. The van der Waals surface area contributed by atoms with Gasteiger partial charge >= 0.3 is 12.1 Å². The lowest BCUT2D eigenvalue weighted by atomic mass is 10.0. The van der Waals surface area contributed by atoms with Crippen molar-refractivity contribution in [1.82, 2.24) is 9.55 Å². The Hall–Kier alpha value is -3.75. The van der Waals surface area contributed by atoms with E-state index < -0.39 is 18.7 Å². The van der Waals surface area contributed by atoms with Gasteiger partial charge in [-0.15, -0.1) is 0 Å². The standard InChI is InChI=1S/C29H23Cl2F3N2O3/c30-22-10-13-24(25(31)16-22)26-17-36(18-29(32,33)34)27(35-26)14-5-19-3-6-20(7-4-19)21-8-11-23(12-9-21)39-15-1-2-28(37)38/h3-14,16-17H,1-2,15,18H2,(H,37,38). The fourth-order valence-corrected chi connectivity index (χ4v) is 4.33. The van der Waals surface area contributed by atoms with E-state index in [1.54, 1.807) is 18.2 Å². The monoisotopic (exact) mass is 574 g/mol. The minimum atomic E-state index is -4.43. The number of halogens is 5. The van der Waals surface area contributed by atoms with Gasteiger partial charge in [0.05, 0.1) is 17.3 Å². The van der Waals surface area contributed by atoms with Crippen LogP contribution in [0.15, 0.2) is 72.9 Å². The quantitative estimate of drug-likeness (QED) is 0.193. The van der Waals surface area contributed by atoms with Crippen LogP contribution in [0.1, 0.15) is 24.2 Å². The summed E-state index contributed by atoms with van der Waals surface area (Å²) in [6.45, 7) is -0.870. The van der Waals surface area contributed by atoms with E-state index in [1.165, 1.54) is 18.3 Å². The third kappa shape index (κ3) is 8.12.